The van der Waals surface area contributed by atoms with Crippen molar-refractivity contribution in [2.45, 2.75) is 37.7 Å². The van der Waals surface area contributed by atoms with E-state index in [9.17, 15) is 13.5 Å². The van der Waals surface area contributed by atoms with Crippen molar-refractivity contribution >= 4 is 32.5 Å². The van der Waals surface area contributed by atoms with Crippen LogP contribution in [0.3, 0.4) is 0 Å². The molecule has 0 aliphatic carbocycles. The lowest BCUT2D eigenvalue weighted by Crippen LogP contribution is -2.43. The zero-order valence-electron chi connectivity index (χ0n) is 17.0. The van der Waals surface area contributed by atoms with E-state index < -0.39 is 21.5 Å². The number of piperidine rings is 1. The highest BCUT2D eigenvalue weighted by molar-refractivity contribution is 7.89. The maximum Gasteiger partial charge on any atom is 0.243 e. The number of aromatic amines is 1. The lowest BCUT2D eigenvalue weighted by molar-refractivity contribution is -0.0113. The van der Waals surface area contributed by atoms with E-state index in [0.29, 0.717) is 35.8 Å². The van der Waals surface area contributed by atoms with Crippen molar-refractivity contribution in [3.05, 3.63) is 59.2 Å². The van der Waals surface area contributed by atoms with Crippen molar-refractivity contribution in [3.8, 4) is 0 Å². The van der Waals surface area contributed by atoms with Crippen molar-refractivity contribution < 1.29 is 13.5 Å². The van der Waals surface area contributed by atoms with Gasteiger partial charge in [-0.25, -0.2) is 8.42 Å². The number of hydrogen-bond donors (Lipinski definition) is 2. The summed E-state index contributed by atoms with van der Waals surface area (Å²) in [5, 5.41) is 19.8. The minimum absolute atomic E-state index is 0.159. The van der Waals surface area contributed by atoms with E-state index in [-0.39, 0.29) is 5.92 Å². The molecule has 1 unspecified atom stereocenters. The number of sulfonamides is 1. The summed E-state index contributed by atoms with van der Waals surface area (Å²) in [6, 6.07) is 12.1. The van der Waals surface area contributed by atoms with E-state index in [0.717, 1.165) is 16.5 Å². The number of aromatic nitrogens is 2. The van der Waals surface area contributed by atoms with E-state index in [1.165, 1.54) is 0 Å². The second-order valence-electron chi connectivity index (χ2n) is 8.54. The van der Waals surface area contributed by atoms with Gasteiger partial charge in [-0.15, -0.1) is 0 Å². The number of aliphatic hydroxyl groups excluding tert-OH is 1. The smallest absolute Gasteiger partial charge is 0.243 e. The zero-order valence-corrected chi connectivity index (χ0v) is 18.6. The highest BCUT2D eigenvalue weighted by atomic mass is 35.5. The van der Waals surface area contributed by atoms with E-state index >= 15 is 0 Å². The Labute approximate surface area is 181 Å². The molecule has 8 heteroatoms. The van der Waals surface area contributed by atoms with Gasteiger partial charge in [0.2, 0.25) is 10.0 Å². The first-order chi connectivity index (χ1) is 14.2. The number of benzene rings is 2. The van der Waals surface area contributed by atoms with Crippen LogP contribution in [0.5, 0.6) is 0 Å². The summed E-state index contributed by atoms with van der Waals surface area (Å²) >= 11 is 6.26. The summed E-state index contributed by atoms with van der Waals surface area (Å²) in [5.41, 5.74) is 1.04. The average Bonchev–Trinajstić information content (AvgIpc) is 3.21. The Morgan fingerprint density at radius 2 is 1.87 bits per heavy atom. The maximum absolute atomic E-state index is 12.9. The quantitative estimate of drug-likeness (QED) is 0.607. The molecular weight excluding hydrogens is 422 g/mol. The third-order valence-corrected chi connectivity index (χ3v) is 8.56. The monoisotopic (exact) mass is 447 g/mol. The molecule has 0 spiro atoms. The highest BCUT2D eigenvalue weighted by Gasteiger charge is 2.41. The maximum atomic E-state index is 12.9. The number of aliphatic hydroxyl groups is 1. The minimum atomic E-state index is -3.49. The van der Waals surface area contributed by atoms with Gasteiger partial charge in [0.1, 0.15) is 0 Å². The molecule has 6 nitrogen and oxygen atoms in total. The van der Waals surface area contributed by atoms with Gasteiger partial charge in [-0.3, -0.25) is 5.10 Å². The number of nitrogens with one attached hydrogen (secondary N) is 1. The molecule has 1 aromatic heterocycles. The number of nitrogens with zero attached hydrogens (tertiary/aromatic N) is 2. The molecule has 4 rings (SSSR count). The standard InChI is InChI=1S/C22H26ClN3O3S/c1-22(2,21(27)19-13-17(23)12-15-14-24-25-20(15)19)16-8-10-26(11-9-16)30(28,29)18-6-4-3-5-7-18/h3-7,12-14,16,21,27H,8-11H2,1-2H3,(H,24,25). The number of hydrogen-bond acceptors (Lipinski definition) is 4. The molecule has 1 fully saturated rings. The van der Waals surface area contributed by atoms with Gasteiger partial charge >= 0.3 is 0 Å². The van der Waals surface area contributed by atoms with Crippen LogP contribution < -0.4 is 0 Å². The molecular formula is C22H26ClN3O3S. The normalized spacial score (nSPS) is 18.0. The molecule has 0 radical (unpaired) electrons. The van der Waals surface area contributed by atoms with Crippen LogP contribution in [0.1, 0.15) is 38.4 Å². The lowest BCUT2D eigenvalue weighted by atomic mass is 9.68. The van der Waals surface area contributed by atoms with Gasteiger partial charge < -0.3 is 5.11 Å². The van der Waals surface area contributed by atoms with Crippen LogP contribution in [-0.4, -0.2) is 41.1 Å². The van der Waals surface area contributed by atoms with E-state index in [4.69, 9.17) is 11.6 Å². The molecule has 2 N–H and O–H groups in total. The molecule has 0 bridgehead atoms. The van der Waals surface area contributed by atoms with Crippen molar-refractivity contribution in [3.63, 3.8) is 0 Å². The summed E-state index contributed by atoms with van der Waals surface area (Å²) < 4.78 is 27.4. The van der Waals surface area contributed by atoms with Gasteiger partial charge in [-0.2, -0.15) is 9.40 Å². The largest absolute Gasteiger partial charge is 0.388 e. The molecule has 1 aliphatic heterocycles. The zero-order chi connectivity index (χ0) is 21.5. The Balaban J connectivity index is 1.53. The first-order valence-corrected chi connectivity index (χ1v) is 11.9. The molecule has 1 aliphatic rings. The van der Waals surface area contributed by atoms with Gasteiger partial charge in [0, 0.05) is 29.1 Å². The Morgan fingerprint density at radius 1 is 1.20 bits per heavy atom. The van der Waals surface area contributed by atoms with E-state index in [1.54, 1.807) is 40.8 Å². The number of H-pyrrole nitrogens is 1. The molecule has 2 aromatic carbocycles. The average molecular weight is 448 g/mol. The Morgan fingerprint density at radius 3 is 2.53 bits per heavy atom. The van der Waals surface area contributed by atoms with Crippen LogP contribution in [-0.2, 0) is 10.0 Å². The first-order valence-electron chi connectivity index (χ1n) is 10.1. The fourth-order valence-electron chi connectivity index (χ4n) is 4.47. The van der Waals surface area contributed by atoms with E-state index in [2.05, 4.69) is 10.2 Å². The summed E-state index contributed by atoms with van der Waals surface area (Å²) in [6.07, 6.45) is 2.30. The van der Waals surface area contributed by atoms with Gasteiger partial charge in [0.05, 0.1) is 22.7 Å². The predicted molar refractivity (Wildman–Crippen MR) is 118 cm³/mol. The van der Waals surface area contributed by atoms with Crippen molar-refractivity contribution in [1.82, 2.24) is 14.5 Å². The third kappa shape index (κ3) is 3.75. The second kappa shape index (κ2) is 7.96. The summed E-state index contributed by atoms with van der Waals surface area (Å²) in [6.45, 7) is 4.94. The minimum Gasteiger partial charge on any atom is -0.388 e. The SMILES string of the molecule is CC(C)(C1CCN(S(=O)(=O)c2ccccc2)CC1)C(O)c1cc(Cl)cc2cn[nH]c12. The summed E-state index contributed by atoms with van der Waals surface area (Å²) in [7, 11) is -3.49. The first kappa shape index (κ1) is 21.3. The van der Waals surface area contributed by atoms with Crippen LogP contribution in [0.2, 0.25) is 5.02 Å². The number of rotatable bonds is 5. The van der Waals surface area contributed by atoms with Gasteiger partial charge in [0.15, 0.2) is 0 Å². The van der Waals surface area contributed by atoms with Gasteiger partial charge in [-0.05, 0) is 48.4 Å². The Hall–Kier alpha value is -1.93. The molecule has 1 atom stereocenters. The summed E-state index contributed by atoms with van der Waals surface area (Å²) in [4.78, 5) is 0.323. The molecule has 30 heavy (non-hydrogen) atoms. The van der Waals surface area contributed by atoms with Crippen LogP contribution in [0.4, 0.5) is 0 Å². The lowest BCUT2D eigenvalue weighted by Gasteiger charge is -2.43. The van der Waals surface area contributed by atoms with Crippen molar-refractivity contribution in [1.29, 1.82) is 0 Å². The van der Waals surface area contributed by atoms with Gasteiger partial charge in [0.25, 0.3) is 0 Å². The van der Waals surface area contributed by atoms with Crippen LogP contribution in [0, 0.1) is 11.3 Å². The molecule has 2 heterocycles. The Bertz CT molecular complexity index is 1140. The fraction of sp³-hybridized carbons (Fsp3) is 0.409. The Kier molecular flexibility index (Phi) is 5.66. The highest BCUT2D eigenvalue weighted by Crippen LogP contribution is 2.46. The van der Waals surface area contributed by atoms with Gasteiger partial charge in [-0.1, -0.05) is 43.6 Å². The summed E-state index contributed by atoms with van der Waals surface area (Å²) in [5.74, 6) is 0.159. The molecule has 0 saturated carbocycles. The second-order valence-corrected chi connectivity index (χ2v) is 10.9. The number of halogens is 1. The molecule has 3 aromatic rings. The van der Waals surface area contributed by atoms with Crippen LogP contribution >= 0.6 is 11.6 Å². The molecule has 160 valence electrons. The van der Waals surface area contributed by atoms with Crippen LogP contribution in [0.25, 0.3) is 10.9 Å². The topological polar surface area (TPSA) is 86.3 Å². The molecule has 0 amide bonds. The van der Waals surface area contributed by atoms with Crippen molar-refractivity contribution in [2.75, 3.05) is 13.1 Å². The fourth-order valence-corrected chi connectivity index (χ4v) is 6.19. The molecule has 1 saturated heterocycles. The predicted octanol–water partition coefficient (Wildman–Crippen LogP) is 4.38. The third-order valence-electron chi connectivity index (χ3n) is 6.43. The van der Waals surface area contributed by atoms with Crippen LogP contribution in [0.15, 0.2) is 53.6 Å². The number of fused-ring (bicyclic) bond motifs is 1. The van der Waals surface area contributed by atoms with E-state index in [1.807, 2.05) is 26.0 Å². The van der Waals surface area contributed by atoms with Crippen molar-refractivity contribution in [2.24, 2.45) is 11.3 Å².